The Labute approximate surface area is 124 Å². The second-order valence-corrected chi connectivity index (χ2v) is 5.49. The van der Waals surface area contributed by atoms with Crippen LogP contribution in [-0.4, -0.2) is 17.0 Å². The summed E-state index contributed by atoms with van der Waals surface area (Å²) in [4.78, 5) is 22.3. The maximum absolute atomic E-state index is 11.8. The number of benzene rings is 1. The van der Waals surface area contributed by atoms with E-state index in [1.54, 1.807) is 18.2 Å². The predicted molar refractivity (Wildman–Crippen MR) is 79.0 cm³/mol. The van der Waals surface area contributed by atoms with Gasteiger partial charge in [0.25, 0.3) is 5.69 Å². The van der Waals surface area contributed by atoms with Crippen LogP contribution < -0.4 is 0 Å². The number of nitro benzene ring substituents is 1. The third kappa shape index (κ3) is 4.85. The molecule has 5 nitrogen and oxygen atoms in total. The molecule has 0 amide bonds. The fourth-order valence-corrected chi connectivity index (χ4v) is 2.75. The highest BCUT2D eigenvalue weighted by Gasteiger charge is 2.18. The first-order chi connectivity index (χ1) is 10.2. The molecule has 0 atom stereocenters. The van der Waals surface area contributed by atoms with Crippen LogP contribution in [0, 0.1) is 10.1 Å². The minimum atomic E-state index is -0.379. The van der Waals surface area contributed by atoms with Crippen LogP contribution in [0.4, 0.5) is 5.69 Å². The average Bonchev–Trinajstić information content (AvgIpc) is 2.48. The molecule has 1 saturated carbocycles. The van der Waals surface area contributed by atoms with E-state index in [-0.39, 0.29) is 22.7 Å². The Hall–Kier alpha value is -1.91. The van der Waals surface area contributed by atoms with Crippen molar-refractivity contribution in [2.24, 2.45) is 0 Å². The maximum Gasteiger partial charge on any atom is 0.306 e. The fourth-order valence-electron chi connectivity index (χ4n) is 2.75. The lowest BCUT2D eigenvalue weighted by molar-refractivity contribution is -0.385. The third-order valence-electron chi connectivity index (χ3n) is 3.87. The number of nitrogens with zero attached hydrogens (tertiary/aromatic N) is 1. The van der Waals surface area contributed by atoms with Gasteiger partial charge in [0.1, 0.15) is 6.10 Å². The molecule has 1 aromatic rings. The minimum absolute atomic E-state index is 0.0808. The molecule has 21 heavy (non-hydrogen) atoms. The van der Waals surface area contributed by atoms with Crippen LogP contribution in [0.5, 0.6) is 0 Å². The molecule has 1 aliphatic rings. The van der Waals surface area contributed by atoms with Gasteiger partial charge >= 0.3 is 5.97 Å². The van der Waals surface area contributed by atoms with Crippen LogP contribution in [0.3, 0.4) is 0 Å². The molecule has 5 heteroatoms. The Morgan fingerprint density at radius 3 is 2.67 bits per heavy atom. The lowest BCUT2D eigenvalue weighted by atomic mass is 9.98. The molecular weight excluding hydrogens is 270 g/mol. The van der Waals surface area contributed by atoms with Crippen molar-refractivity contribution < 1.29 is 14.5 Å². The Bertz CT molecular complexity index is 495. The first-order valence-corrected chi connectivity index (χ1v) is 7.58. The maximum atomic E-state index is 11.8. The van der Waals surface area contributed by atoms with E-state index in [1.807, 2.05) is 0 Å². The molecule has 0 aromatic heterocycles. The summed E-state index contributed by atoms with van der Waals surface area (Å²) in [6.45, 7) is 0. The van der Waals surface area contributed by atoms with E-state index < -0.39 is 0 Å². The standard InChI is InChI=1S/C16H21NO4/c18-16(21-14-9-2-1-3-10-14)12-6-8-13-7-4-5-11-15(13)17(19)20/h4-5,7,11,14H,1-3,6,8-10,12H2. The second-order valence-electron chi connectivity index (χ2n) is 5.49. The van der Waals surface area contributed by atoms with E-state index >= 15 is 0 Å². The highest BCUT2D eigenvalue weighted by molar-refractivity contribution is 5.69. The summed E-state index contributed by atoms with van der Waals surface area (Å²) < 4.78 is 5.43. The lowest BCUT2D eigenvalue weighted by Gasteiger charge is -2.21. The van der Waals surface area contributed by atoms with Crippen LogP contribution in [0.2, 0.25) is 0 Å². The zero-order valence-electron chi connectivity index (χ0n) is 12.1. The first-order valence-electron chi connectivity index (χ1n) is 7.58. The number of rotatable bonds is 6. The average molecular weight is 291 g/mol. The first kappa shape index (κ1) is 15.5. The number of esters is 1. The Morgan fingerprint density at radius 1 is 1.24 bits per heavy atom. The number of carbonyl (C=O) groups is 1. The summed E-state index contributed by atoms with van der Waals surface area (Å²) in [5.41, 5.74) is 0.797. The number of hydrogen-bond acceptors (Lipinski definition) is 4. The van der Waals surface area contributed by atoms with Gasteiger partial charge in [0.05, 0.1) is 4.92 Å². The molecule has 0 spiro atoms. The van der Waals surface area contributed by atoms with E-state index in [9.17, 15) is 14.9 Å². The van der Waals surface area contributed by atoms with E-state index in [0.29, 0.717) is 24.8 Å². The lowest BCUT2D eigenvalue weighted by Crippen LogP contribution is -2.20. The van der Waals surface area contributed by atoms with E-state index in [1.165, 1.54) is 12.5 Å². The van der Waals surface area contributed by atoms with Crippen molar-refractivity contribution in [1.82, 2.24) is 0 Å². The Balaban J connectivity index is 1.76. The molecule has 0 saturated heterocycles. The number of aryl methyl sites for hydroxylation is 1. The van der Waals surface area contributed by atoms with Crippen LogP contribution >= 0.6 is 0 Å². The Kier molecular flexibility index (Phi) is 5.72. The summed E-state index contributed by atoms with van der Waals surface area (Å²) in [6.07, 6.45) is 6.94. The minimum Gasteiger partial charge on any atom is -0.462 e. The molecule has 0 bridgehead atoms. The number of ether oxygens (including phenoxy) is 1. The van der Waals surface area contributed by atoms with Gasteiger partial charge in [-0.05, 0) is 38.5 Å². The van der Waals surface area contributed by atoms with Crippen LogP contribution in [-0.2, 0) is 16.0 Å². The van der Waals surface area contributed by atoms with Crippen LogP contribution in [0.1, 0.15) is 50.5 Å². The van der Waals surface area contributed by atoms with E-state index in [4.69, 9.17) is 4.74 Å². The summed E-state index contributed by atoms with van der Waals surface area (Å²) >= 11 is 0. The normalized spacial score (nSPS) is 15.6. The topological polar surface area (TPSA) is 69.4 Å². The largest absolute Gasteiger partial charge is 0.462 e. The number of nitro groups is 1. The highest BCUT2D eigenvalue weighted by Crippen LogP contribution is 2.22. The Morgan fingerprint density at radius 2 is 1.95 bits per heavy atom. The van der Waals surface area contributed by atoms with Gasteiger partial charge in [-0.3, -0.25) is 14.9 Å². The SMILES string of the molecule is O=C(CCCc1ccccc1[N+](=O)[O-])OC1CCCCC1. The molecule has 1 fully saturated rings. The molecule has 1 aliphatic carbocycles. The molecule has 0 N–H and O–H groups in total. The van der Waals surface area contributed by atoms with Crippen molar-refractivity contribution in [2.45, 2.75) is 57.5 Å². The highest BCUT2D eigenvalue weighted by atomic mass is 16.6. The summed E-state index contributed by atoms with van der Waals surface area (Å²) in [5, 5.41) is 10.9. The molecule has 0 radical (unpaired) electrons. The zero-order valence-corrected chi connectivity index (χ0v) is 12.1. The molecule has 1 aromatic carbocycles. The number of hydrogen-bond donors (Lipinski definition) is 0. The smallest absolute Gasteiger partial charge is 0.306 e. The van der Waals surface area contributed by atoms with Gasteiger partial charge in [-0.1, -0.05) is 24.6 Å². The van der Waals surface area contributed by atoms with Gasteiger partial charge in [-0.15, -0.1) is 0 Å². The summed E-state index contributed by atoms with van der Waals surface area (Å²) in [5.74, 6) is -0.180. The summed E-state index contributed by atoms with van der Waals surface area (Å²) in [6, 6.07) is 6.67. The van der Waals surface area contributed by atoms with Gasteiger partial charge in [-0.25, -0.2) is 0 Å². The van der Waals surface area contributed by atoms with Gasteiger partial charge in [-0.2, -0.15) is 0 Å². The summed E-state index contributed by atoms with van der Waals surface area (Å²) in [7, 11) is 0. The molecule has 114 valence electrons. The fraction of sp³-hybridized carbons (Fsp3) is 0.562. The van der Waals surface area contributed by atoms with Crippen molar-refractivity contribution in [2.75, 3.05) is 0 Å². The van der Waals surface area contributed by atoms with Gasteiger partial charge in [0, 0.05) is 18.1 Å². The molecule has 0 aliphatic heterocycles. The van der Waals surface area contributed by atoms with Crippen molar-refractivity contribution in [3.63, 3.8) is 0 Å². The quantitative estimate of drug-likeness (QED) is 0.454. The zero-order chi connectivity index (χ0) is 15.1. The second kappa shape index (κ2) is 7.76. The van der Waals surface area contributed by atoms with Crippen molar-refractivity contribution in [3.05, 3.63) is 39.9 Å². The van der Waals surface area contributed by atoms with Gasteiger partial charge in [0.15, 0.2) is 0 Å². The number of carbonyl (C=O) groups excluding carboxylic acids is 1. The van der Waals surface area contributed by atoms with E-state index in [0.717, 1.165) is 25.7 Å². The van der Waals surface area contributed by atoms with Gasteiger partial charge < -0.3 is 4.74 Å². The van der Waals surface area contributed by atoms with Crippen LogP contribution in [0.15, 0.2) is 24.3 Å². The monoisotopic (exact) mass is 291 g/mol. The van der Waals surface area contributed by atoms with Crippen molar-refractivity contribution >= 4 is 11.7 Å². The molecule has 2 rings (SSSR count). The van der Waals surface area contributed by atoms with Crippen LogP contribution in [0.25, 0.3) is 0 Å². The van der Waals surface area contributed by atoms with E-state index in [2.05, 4.69) is 0 Å². The molecule has 0 heterocycles. The van der Waals surface area contributed by atoms with Gasteiger partial charge in [0.2, 0.25) is 0 Å². The molecular formula is C16H21NO4. The van der Waals surface area contributed by atoms with Crippen molar-refractivity contribution in [3.8, 4) is 0 Å². The number of para-hydroxylation sites is 1. The van der Waals surface area contributed by atoms with Crippen molar-refractivity contribution in [1.29, 1.82) is 0 Å². The molecule has 0 unspecified atom stereocenters. The predicted octanol–water partition coefficient (Wildman–Crippen LogP) is 3.79. The third-order valence-corrected chi connectivity index (χ3v) is 3.87.